The van der Waals surface area contributed by atoms with E-state index in [0.29, 0.717) is 0 Å². The van der Waals surface area contributed by atoms with Crippen molar-refractivity contribution >= 4 is 24.0 Å². The first kappa shape index (κ1) is 12.6. The maximum atomic E-state index is 8.97. The third kappa shape index (κ3) is 2.52. The van der Waals surface area contributed by atoms with Crippen LogP contribution in [0, 0.1) is 11.3 Å². The zero-order chi connectivity index (χ0) is 13.2. The lowest BCUT2D eigenvalue weighted by Gasteiger charge is -2.20. The van der Waals surface area contributed by atoms with Crippen LogP contribution in [0.2, 0.25) is 19.6 Å². The van der Waals surface area contributed by atoms with Crippen LogP contribution in [0.4, 0.5) is 0 Å². The molecule has 0 radical (unpaired) electrons. The molecule has 1 nitrogen and oxygen atoms in total. The van der Waals surface area contributed by atoms with Crippen LogP contribution in [-0.2, 0) is 0 Å². The minimum atomic E-state index is -1.50. The molecule has 0 unspecified atom stereocenters. The van der Waals surface area contributed by atoms with Crippen molar-refractivity contribution in [3.63, 3.8) is 0 Å². The molecule has 90 valence electrons. The lowest BCUT2D eigenvalue weighted by Crippen LogP contribution is -2.22. The second kappa shape index (κ2) is 4.79. The topological polar surface area (TPSA) is 23.8 Å². The Bertz CT molecular complexity index is 642. The van der Waals surface area contributed by atoms with E-state index in [1.54, 1.807) is 6.08 Å². The number of hydrogen-bond donors (Lipinski definition) is 0. The number of rotatable bonds is 2. The van der Waals surface area contributed by atoms with Gasteiger partial charge in [-0.15, -0.1) is 0 Å². The molecule has 0 amide bonds. The highest BCUT2D eigenvalue weighted by molar-refractivity contribution is 6.93. The van der Waals surface area contributed by atoms with Crippen molar-refractivity contribution < 1.29 is 0 Å². The number of nitrogens with zero attached hydrogens (tertiary/aromatic N) is 1. The van der Waals surface area contributed by atoms with Gasteiger partial charge in [-0.1, -0.05) is 56.0 Å². The van der Waals surface area contributed by atoms with Gasteiger partial charge in [-0.25, -0.2) is 0 Å². The van der Waals surface area contributed by atoms with Crippen LogP contribution in [0.25, 0.3) is 16.0 Å². The van der Waals surface area contributed by atoms with Crippen LogP contribution in [0.1, 0.15) is 5.56 Å². The summed E-state index contributed by atoms with van der Waals surface area (Å²) in [6.45, 7) is 6.81. The number of benzene rings is 2. The monoisotopic (exact) mass is 251 g/mol. The van der Waals surface area contributed by atoms with E-state index < -0.39 is 8.07 Å². The second-order valence-corrected chi connectivity index (χ2v) is 10.5. The molecule has 0 aliphatic heterocycles. The molecule has 0 saturated carbocycles. The van der Waals surface area contributed by atoms with Crippen LogP contribution in [0.5, 0.6) is 0 Å². The fourth-order valence-electron chi connectivity index (χ4n) is 2.15. The summed E-state index contributed by atoms with van der Waals surface area (Å²) in [4.78, 5) is 0. The highest BCUT2D eigenvalue weighted by Gasteiger charge is 2.21. The lowest BCUT2D eigenvalue weighted by molar-refractivity contribution is 1.53. The van der Waals surface area contributed by atoms with Crippen LogP contribution in [0.3, 0.4) is 0 Å². The lowest BCUT2D eigenvalue weighted by atomic mass is 10.1. The average Bonchev–Trinajstić information content (AvgIpc) is 2.34. The van der Waals surface area contributed by atoms with Crippen molar-refractivity contribution in [2.45, 2.75) is 19.6 Å². The van der Waals surface area contributed by atoms with Gasteiger partial charge in [-0.05, 0) is 27.6 Å². The Hall–Kier alpha value is -1.85. The van der Waals surface area contributed by atoms with Crippen molar-refractivity contribution in [1.82, 2.24) is 0 Å². The third-order valence-corrected chi connectivity index (χ3v) is 5.13. The Morgan fingerprint density at radius 2 is 1.72 bits per heavy atom. The number of allylic oxidation sites excluding steroid dienone is 1. The number of nitriles is 1. The normalized spacial score (nSPS) is 12.4. The van der Waals surface area contributed by atoms with E-state index in [-0.39, 0.29) is 0 Å². The summed E-state index contributed by atoms with van der Waals surface area (Å²) >= 11 is 0. The van der Waals surface area contributed by atoms with Gasteiger partial charge in [0.1, 0.15) is 0 Å². The van der Waals surface area contributed by atoms with Crippen molar-refractivity contribution in [2.24, 2.45) is 0 Å². The Labute approximate surface area is 109 Å². The summed E-state index contributed by atoms with van der Waals surface area (Å²) in [6.07, 6.45) is 1.72. The van der Waals surface area contributed by atoms with Gasteiger partial charge in [0.25, 0.3) is 0 Å². The first-order valence-corrected chi connectivity index (χ1v) is 9.62. The van der Waals surface area contributed by atoms with Crippen molar-refractivity contribution in [3.05, 3.63) is 54.1 Å². The van der Waals surface area contributed by atoms with Gasteiger partial charge >= 0.3 is 0 Å². The fourth-order valence-corrected chi connectivity index (χ4v) is 3.67. The first-order valence-electron chi connectivity index (χ1n) is 6.12. The van der Waals surface area contributed by atoms with Crippen LogP contribution in [0.15, 0.2) is 48.5 Å². The Balaban J connectivity index is 2.60. The second-order valence-electron chi connectivity index (χ2n) is 5.50. The van der Waals surface area contributed by atoms with Gasteiger partial charge < -0.3 is 0 Å². The Morgan fingerprint density at radius 1 is 1.06 bits per heavy atom. The van der Waals surface area contributed by atoms with Crippen LogP contribution < -0.4 is 0 Å². The molecule has 0 atom stereocenters. The Morgan fingerprint density at radius 3 is 2.33 bits per heavy atom. The summed E-state index contributed by atoms with van der Waals surface area (Å²) in [5.74, 6) is 0. The van der Waals surface area contributed by atoms with Crippen LogP contribution in [-0.4, -0.2) is 8.07 Å². The highest BCUT2D eigenvalue weighted by atomic mass is 28.3. The largest absolute Gasteiger partial charge is 0.193 e. The van der Waals surface area contributed by atoms with Gasteiger partial charge in [0, 0.05) is 6.08 Å². The molecule has 0 heterocycles. The molecule has 0 saturated heterocycles. The average molecular weight is 251 g/mol. The minimum Gasteiger partial charge on any atom is -0.193 e. The van der Waals surface area contributed by atoms with Crippen molar-refractivity contribution in [1.29, 1.82) is 5.26 Å². The molecule has 0 spiro atoms. The van der Waals surface area contributed by atoms with Crippen LogP contribution >= 0.6 is 0 Å². The van der Waals surface area contributed by atoms with Gasteiger partial charge in [0.15, 0.2) is 0 Å². The van der Waals surface area contributed by atoms with Crippen molar-refractivity contribution in [3.8, 4) is 6.07 Å². The predicted molar refractivity (Wildman–Crippen MR) is 80.9 cm³/mol. The van der Waals surface area contributed by atoms with E-state index in [1.807, 2.05) is 12.1 Å². The minimum absolute atomic E-state index is 1.19. The van der Waals surface area contributed by atoms with Gasteiger partial charge in [0.05, 0.1) is 14.1 Å². The molecule has 0 N–H and O–H groups in total. The number of hydrogen-bond acceptors (Lipinski definition) is 1. The molecule has 0 bridgehead atoms. The van der Waals surface area contributed by atoms with Gasteiger partial charge in [0.2, 0.25) is 0 Å². The number of fused-ring (bicyclic) bond motifs is 1. The fraction of sp³-hybridized carbons (Fsp3) is 0.188. The van der Waals surface area contributed by atoms with E-state index in [0.717, 1.165) is 0 Å². The zero-order valence-corrected chi connectivity index (χ0v) is 12.1. The van der Waals surface area contributed by atoms with Gasteiger partial charge in [-0.2, -0.15) is 5.26 Å². The summed E-state index contributed by atoms with van der Waals surface area (Å²) in [7, 11) is -1.50. The van der Waals surface area contributed by atoms with E-state index in [1.165, 1.54) is 21.5 Å². The van der Waals surface area contributed by atoms with E-state index in [9.17, 15) is 0 Å². The molecule has 0 aliphatic carbocycles. The molecule has 2 aromatic rings. The van der Waals surface area contributed by atoms with E-state index in [2.05, 4.69) is 56.0 Å². The maximum absolute atomic E-state index is 8.97. The SMILES string of the molecule is C[Si](C)(C)/C(=C\C#N)c1ccc2ccccc2c1. The molecule has 18 heavy (non-hydrogen) atoms. The quantitative estimate of drug-likeness (QED) is 0.564. The molecule has 2 aromatic carbocycles. The van der Waals surface area contributed by atoms with Gasteiger partial charge in [-0.3, -0.25) is 0 Å². The third-order valence-electron chi connectivity index (χ3n) is 3.08. The molecule has 0 aliphatic rings. The predicted octanol–water partition coefficient (Wildman–Crippen LogP) is 4.62. The summed E-state index contributed by atoms with van der Waals surface area (Å²) in [6, 6.07) is 17.0. The maximum Gasteiger partial charge on any atom is 0.0911 e. The standard InChI is InChI=1S/C16H17NSi/c1-18(2,3)16(10-11-17)15-9-8-13-6-4-5-7-14(13)12-15/h4-10,12H,1-3H3/b16-10-. The molecular formula is C16H17NSi. The summed E-state index contributed by atoms with van der Waals surface area (Å²) < 4.78 is 0. The molecule has 2 heteroatoms. The van der Waals surface area contributed by atoms with Crippen molar-refractivity contribution in [2.75, 3.05) is 0 Å². The summed E-state index contributed by atoms with van der Waals surface area (Å²) in [5.41, 5.74) is 1.19. The molecule has 0 aromatic heterocycles. The Kier molecular flexibility index (Phi) is 3.36. The zero-order valence-electron chi connectivity index (χ0n) is 11.1. The highest BCUT2D eigenvalue weighted by Crippen LogP contribution is 2.28. The smallest absolute Gasteiger partial charge is 0.0911 e. The van der Waals surface area contributed by atoms with E-state index in [4.69, 9.17) is 5.26 Å². The van der Waals surface area contributed by atoms with E-state index >= 15 is 0 Å². The first-order chi connectivity index (χ1) is 8.52. The molecule has 2 rings (SSSR count). The molecule has 0 fully saturated rings. The summed E-state index contributed by atoms with van der Waals surface area (Å²) in [5, 5.41) is 12.7. The molecular weight excluding hydrogens is 234 g/mol.